The molecule has 2 N–H and O–H groups in total. The number of aliphatic hydroxyl groups excluding tert-OH is 1. The highest BCUT2D eigenvalue weighted by Crippen LogP contribution is 2.31. The van der Waals surface area contributed by atoms with Crippen LogP contribution >= 0.6 is 0 Å². The molecule has 0 aromatic heterocycles. The van der Waals surface area contributed by atoms with E-state index in [2.05, 4.69) is 6.08 Å². The fourth-order valence-corrected chi connectivity index (χ4v) is 2.55. The minimum Gasteiger partial charge on any atom is -0.481 e. The number of rotatable bonds is 4. The number of benzene rings is 1. The largest absolute Gasteiger partial charge is 0.481 e. The third-order valence-electron chi connectivity index (χ3n) is 3.56. The first kappa shape index (κ1) is 12.8. The summed E-state index contributed by atoms with van der Waals surface area (Å²) in [4.78, 5) is 11.4. The Morgan fingerprint density at radius 2 is 1.94 bits per heavy atom. The second kappa shape index (κ2) is 5.83. The van der Waals surface area contributed by atoms with Crippen molar-refractivity contribution < 1.29 is 15.0 Å². The van der Waals surface area contributed by atoms with Crippen molar-refractivity contribution in [3.63, 3.8) is 0 Å². The molecule has 0 bridgehead atoms. The van der Waals surface area contributed by atoms with Gasteiger partial charge in [0.25, 0.3) is 0 Å². The number of carboxylic acids is 1. The van der Waals surface area contributed by atoms with Gasteiger partial charge in [-0.05, 0) is 30.7 Å². The molecule has 1 aliphatic rings. The van der Waals surface area contributed by atoms with E-state index >= 15 is 0 Å². The van der Waals surface area contributed by atoms with Gasteiger partial charge in [0.05, 0.1) is 6.10 Å². The molecule has 3 nitrogen and oxygen atoms in total. The summed E-state index contributed by atoms with van der Waals surface area (Å²) in [6.45, 7) is 0. The number of hydrogen-bond donors (Lipinski definition) is 2. The molecule has 3 heteroatoms. The van der Waals surface area contributed by atoms with Gasteiger partial charge in [0, 0.05) is 0 Å². The van der Waals surface area contributed by atoms with Crippen LogP contribution in [0, 0.1) is 5.92 Å². The van der Waals surface area contributed by atoms with Gasteiger partial charge in [-0.1, -0.05) is 42.5 Å². The van der Waals surface area contributed by atoms with Crippen molar-refractivity contribution in [3.8, 4) is 0 Å². The van der Waals surface area contributed by atoms with Crippen LogP contribution in [0.1, 0.15) is 30.7 Å². The predicted octanol–water partition coefficient (Wildman–Crippen LogP) is 2.57. The van der Waals surface area contributed by atoms with Gasteiger partial charge < -0.3 is 10.2 Å². The van der Waals surface area contributed by atoms with E-state index in [0.29, 0.717) is 5.56 Å². The summed E-state index contributed by atoms with van der Waals surface area (Å²) in [6, 6.07) is 8.98. The highest BCUT2D eigenvalue weighted by atomic mass is 16.4. The number of aliphatic carboxylic acids is 1. The molecule has 3 atom stereocenters. The van der Waals surface area contributed by atoms with Crippen molar-refractivity contribution in [3.05, 3.63) is 48.0 Å². The predicted molar refractivity (Wildman–Crippen MR) is 69.3 cm³/mol. The quantitative estimate of drug-likeness (QED) is 0.803. The molecular weight excluding hydrogens is 228 g/mol. The van der Waals surface area contributed by atoms with Gasteiger partial charge in [-0.2, -0.15) is 0 Å². The Morgan fingerprint density at radius 1 is 1.22 bits per heavy atom. The summed E-state index contributed by atoms with van der Waals surface area (Å²) in [7, 11) is 0. The van der Waals surface area contributed by atoms with Crippen molar-refractivity contribution in [1.82, 2.24) is 0 Å². The summed E-state index contributed by atoms with van der Waals surface area (Å²) in [5.74, 6) is -1.75. The van der Waals surface area contributed by atoms with Gasteiger partial charge in [-0.25, -0.2) is 0 Å². The molecule has 18 heavy (non-hydrogen) atoms. The Balaban J connectivity index is 2.20. The summed E-state index contributed by atoms with van der Waals surface area (Å²) < 4.78 is 0. The maximum absolute atomic E-state index is 11.4. The smallest absolute Gasteiger partial charge is 0.313 e. The molecular formula is C15H18O3. The van der Waals surface area contributed by atoms with Crippen LogP contribution in [0.5, 0.6) is 0 Å². The highest BCUT2D eigenvalue weighted by molar-refractivity contribution is 5.77. The van der Waals surface area contributed by atoms with Crippen LogP contribution in [0.3, 0.4) is 0 Å². The van der Waals surface area contributed by atoms with Crippen molar-refractivity contribution in [2.45, 2.75) is 31.3 Å². The Morgan fingerprint density at radius 3 is 2.50 bits per heavy atom. The fourth-order valence-electron chi connectivity index (χ4n) is 2.55. The zero-order valence-corrected chi connectivity index (χ0v) is 10.2. The second-order valence-electron chi connectivity index (χ2n) is 4.76. The molecule has 0 fully saturated rings. The molecule has 2 rings (SSSR count). The number of allylic oxidation sites excluding steroid dienone is 2. The molecule has 0 heterocycles. The molecule has 0 unspecified atom stereocenters. The molecule has 0 radical (unpaired) electrons. The summed E-state index contributed by atoms with van der Waals surface area (Å²) in [6.07, 6.45) is 5.83. The van der Waals surface area contributed by atoms with Gasteiger partial charge in [-0.15, -0.1) is 0 Å². The molecule has 0 spiro atoms. The van der Waals surface area contributed by atoms with Gasteiger partial charge in [0.15, 0.2) is 0 Å². The number of carboxylic acid groups (broad SMARTS) is 1. The standard InChI is InChI=1S/C15H18O3/c16-14(12-9-5-2-6-10-12)13(15(17)18)11-7-3-1-4-8-11/h1-5,7-8,12-14,16H,6,9-10H2,(H,17,18)/t12-,13-,14-/m0/s1. The Bertz CT molecular complexity index is 425. The molecule has 0 amide bonds. The second-order valence-corrected chi connectivity index (χ2v) is 4.76. The van der Waals surface area contributed by atoms with E-state index in [0.717, 1.165) is 19.3 Å². The molecule has 1 aromatic carbocycles. The zero-order valence-electron chi connectivity index (χ0n) is 10.2. The van der Waals surface area contributed by atoms with Crippen molar-refractivity contribution in [2.24, 2.45) is 5.92 Å². The maximum atomic E-state index is 11.4. The van der Waals surface area contributed by atoms with Gasteiger partial charge >= 0.3 is 5.97 Å². The monoisotopic (exact) mass is 246 g/mol. The van der Waals surface area contributed by atoms with Crippen LogP contribution in [0.25, 0.3) is 0 Å². The van der Waals surface area contributed by atoms with E-state index in [1.807, 2.05) is 12.1 Å². The molecule has 0 saturated carbocycles. The lowest BCUT2D eigenvalue weighted by Gasteiger charge is -2.28. The van der Waals surface area contributed by atoms with Gasteiger partial charge in [-0.3, -0.25) is 4.79 Å². The Hall–Kier alpha value is -1.61. The SMILES string of the molecule is O=C(O)[C@@H](c1ccccc1)[C@@H](O)[C@H]1CC=CCC1. The number of hydrogen-bond acceptors (Lipinski definition) is 2. The minimum absolute atomic E-state index is 0.0382. The first-order valence-electron chi connectivity index (χ1n) is 6.31. The Labute approximate surface area is 107 Å². The van der Waals surface area contributed by atoms with Crippen LogP contribution in [0.2, 0.25) is 0 Å². The topological polar surface area (TPSA) is 57.5 Å². The highest BCUT2D eigenvalue weighted by Gasteiger charge is 2.33. The third-order valence-corrected chi connectivity index (χ3v) is 3.56. The van der Waals surface area contributed by atoms with Crippen LogP contribution in [0.15, 0.2) is 42.5 Å². The molecule has 96 valence electrons. The molecule has 0 saturated heterocycles. The van der Waals surface area contributed by atoms with Gasteiger partial charge in [0.2, 0.25) is 0 Å². The maximum Gasteiger partial charge on any atom is 0.313 e. The van der Waals surface area contributed by atoms with E-state index < -0.39 is 18.0 Å². The van der Waals surface area contributed by atoms with E-state index in [9.17, 15) is 15.0 Å². The normalized spacial score (nSPS) is 22.4. The lowest BCUT2D eigenvalue weighted by molar-refractivity contribution is -0.142. The van der Waals surface area contributed by atoms with Crippen LogP contribution < -0.4 is 0 Å². The van der Waals surface area contributed by atoms with E-state index in [4.69, 9.17) is 0 Å². The number of aliphatic hydroxyl groups is 1. The summed E-state index contributed by atoms with van der Waals surface area (Å²) in [5, 5.41) is 19.7. The fraction of sp³-hybridized carbons (Fsp3) is 0.400. The van der Waals surface area contributed by atoms with Crippen molar-refractivity contribution in [1.29, 1.82) is 0 Å². The first-order valence-corrected chi connectivity index (χ1v) is 6.31. The van der Waals surface area contributed by atoms with E-state index in [1.165, 1.54) is 0 Å². The average Bonchev–Trinajstić information content (AvgIpc) is 2.40. The molecule has 1 aromatic rings. The van der Waals surface area contributed by atoms with Crippen LogP contribution in [0.4, 0.5) is 0 Å². The van der Waals surface area contributed by atoms with Crippen molar-refractivity contribution in [2.75, 3.05) is 0 Å². The van der Waals surface area contributed by atoms with Crippen LogP contribution in [-0.2, 0) is 4.79 Å². The van der Waals surface area contributed by atoms with Crippen LogP contribution in [-0.4, -0.2) is 22.3 Å². The molecule has 1 aliphatic carbocycles. The molecule has 0 aliphatic heterocycles. The van der Waals surface area contributed by atoms with E-state index in [-0.39, 0.29) is 5.92 Å². The van der Waals surface area contributed by atoms with Gasteiger partial charge in [0.1, 0.15) is 5.92 Å². The summed E-state index contributed by atoms with van der Waals surface area (Å²) in [5.41, 5.74) is 0.673. The third kappa shape index (κ3) is 2.79. The zero-order chi connectivity index (χ0) is 13.0. The lowest BCUT2D eigenvalue weighted by Crippen LogP contribution is -2.33. The summed E-state index contributed by atoms with van der Waals surface area (Å²) >= 11 is 0. The minimum atomic E-state index is -0.955. The average molecular weight is 246 g/mol. The Kier molecular flexibility index (Phi) is 4.15. The lowest BCUT2D eigenvalue weighted by atomic mass is 9.80. The van der Waals surface area contributed by atoms with Crippen molar-refractivity contribution >= 4 is 5.97 Å². The number of carbonyl (C=O) groups is 1. The van der Waals surface area contributed by atoms with E-state index in [1.54, 1.807) is 24.3 Å². The first-order chi connectivity index (χ1) is 8.70.